The van der Waals surface area contributed by atoms with Crippen LogP contribution in [0, 0.1) is 6.92 Å². The van der Waals surface area contributed by atoms with Crippen molar-refractivity contribution in [3.63, 3.8) is 0 Å². The third-order valence-electron chi connectivity index (χ3n) is 2.65. The molecule has 0 radical (unpaired) electrons. The summed E-state index contributed by atoms with van der Waals surface area (Å²) in [4.78, 5) is 11.6. The smallest absolute Gasteiger partial charge is 0.240 e. The Hall–Kier alpha value is -1.63. The highest BCUT2D eigenvalue weighted by Crippen LogP contribution is 1.94. The molecule has 0 spiro atoms. The zero-order valence-electron chi connectivity index (χ0n) is 11.6. The maximum atomic E-state index is 11.6. The molecule has 1 heterocycles. The van der Waals surface area contributed by atoms with Crippen molar-refractivity contribution in [1.29, 1.82) is 0 Å². The number of hydrogen-bond donors (Lipinski definition) is 3. The molecule has 0 saturated heterocycles. The molecule has 19 heavy (non-hydrogen) atoms. The van der Waals surface area contributed by atoms with Gasteiger partial charge in [0.05, 0.1) is 5.69 Å². The molecule has 0 fully saturated rings. The zero-order valence-corrected chi connectivity index (χ0v) is 12.4. The maximum Gasteiger partial charge on any atom is 0.240 e. The number of thiocarbonyl (C=S) groups is 1. The van der Waals surface area contributed by atoms with Gasteiger partial charge in [0.25, 0.3) is 0 Å². The summed E-state index contributed by atoms with van der Waals surface area (Å²) in [6, 6.07) is 2.19. The van der Waals surface area contributed by atoms with Crippen LogP contribution in [0.25, 0.3) is 0 Å². The minimum Gasteiger partial charge on any atom is -0.359 e. The number of hydrogen-bond acceptors (Lipinski definition) is 3. The molecule has 3 N–H and O–H groups in total. The van der Waals surface area contributed by atoms with Gasteiger partial charge in [0.1, 0.15) is 0 Å². The fraction of sp³-hybridized carbons (Fsp3) is 0.583. The molecule has 0 aromatic carbocycles. The van der Waals surface area contributed by atoms with E-state index in [9.17, 15) is 4.79 Å². The second kappa shape index (κ2) is 7.73. The van der Waals surface area contributed by atoms with Crippen molar-refractivity contribution >= 4 is 23.2 Å². The predicted molar refractivity (Wildman–Crippen MR) is 78.3 cm³/mol. The third-order valence-corrected chi connectivity index (χ3v) is 2.87. The normalized spacial score (nSPS) is 11.7. The molecule has 1 amide bonds. The number of carbonyl (C=O) groups is 1. The van der Waals surface area contributed by atoms with E-state index in [1.54, 1.807) is 4.68 Å². The summed E-state index contributed by atoms with van der Waals surface area (Å²) >= 11 is 5.04. The number of nitrogens with zero attached hydrogens (tertiary/aromatic N) is 2. The topological polar surface area (TPSA) is 71.0 Å². The summed E-state index contributed by atoms with van der Waals surface area (Å²) < 4.78 is 1.74. The number of rotatable bonds is 5. The van der Waals surface area contributed by atoms with Crippen LogP contribution in [0.3, 0.4) is 0 Å². The van der Waals surface area contributed by atoms with Crippen molar-refractivity contribution in [3.05, 3.63) is 18.0 Å². The molecule has 1 atom stereocenters. The first-order chi connectivity index (χ1) is 9.01. The molecule has 0 aliphatic heterocycles. The standard InChI is InChI=1S/C12H21N5OS/c1-4-9(2)13-12(19)15-14-11(18)6-8-17-7-5-10(3)16-17/h5,7,9H,4,6,8H2,1-3H3,(H,14,18)(H2,13,15,19). The van der Waals surface area contributed by atoms with E-state index in [0.717, 1.165) is 12.1 Å². The minimum atomic E-state index is -0.124. The number of aromatic nitrogens is 2. The van der Waals surface area contributed by atoms with E-state index in [0.29, 0.717) is 18.1 Å². The van der Waals surface area contributed by atoms with Gasteiger partial charge in [-0.05, 0) is 38.6 Å². The van der Waals surface area contributed by atoms with Gasteiger partial charge in [0.15, 0.2) is 5.11 Å². The summed E-state index contributed by atoms with van der Waals surface area (Å²) in [5, 5.41) is 7.68. The van der Waals surface area contributed by atoms with E-state index < -0.39 is 0 Å². The van der Waals surface area contributed by atoms with E-state index in [1.807, 2.05) is 26.1 Å². The molecule has 6 nitrogen and oxygen atoms in total. The average molecular weight is 283 g/mol. The van der Waals surface area contributed by atoms with E-state index in [2.05, 4.69) is 28.2 Å². The highest BCUT2D eigenvalue weighted by atomic mass is 32.1. The highest BCUT2D eigenvalue weighted by molar-refractivity contribution is 7.80. The molecule has 0 aliphatic rings. The van der Waals surface area contributed by atoms with E-state index in [1.165, 1.54) is 0 Å². The van der Waals surface area contributed by atoms with E-state index >= 15 is 0 Å². The van der Waals surface area contributed by atoms with Gasteiger partial charge >= 0.3 is 0 Å². The Morgan fingerprint density at radius 1 is 1.53 bits per heavy atom. The van der Waals surface area contributed by atoms with Crippen LogP contribution in [0.2, 0.25) is 0 Å². The summed E-state index contributed by atoms with van der Waals surface area (Å²) in [5.41, 5.74) is 6.18. The van der Waals surface area contributed by atoms with Crippen LogP contribution in [0.5, 0.6) is 0 Å². The number of carbonyl (C=O) groups excluding carboxylic acids is 1. The van der Waals surface area contributed by atoms with Gasteiger partial charge in [-0.25, -0.2) is 0 Å². The van der Waals surface area contributed by atoms with Gasteiger partial charge in [0, 0.05) is 25.2 Å². The van der Waals surface area contributed by atoms with Crippen molar-refractivity contribution in [2.24, 2.45) is 0 Å². The summed E-state index contributed by atoms with van der Waals surface area (Å²) in [6.07, 6.45) is 3.17. The molecule has 1 unspecified atom stereocenters. The zero-order chi connectivity index (χ0) is 14.3. The lowest BCUT2D eigenvalue weighted by atomic mass is 10.3. The lowest BCUT2D eigenvalue weighted by molar-refractivity contribution is -0.121. The van der Waals surface area contributed by atoms with Crippen molar-refractivity contribution < 1.29 is 4.79 Å². The van der Waals surface area contributed by atoms with Gasteiger partial charge in [-0.3, -0.25) is 20.3 Å². The predicted octanol–water partition coefficient (Wildman–Crippen LogP) is 0.875. The highest BCUT2D eigenvalue weighted by Gasteiger charge is 2.04. The average Bonchev–Trinajstić information content (AvgIpc) is 2.79. The molecule has 0 aliphatic carbocycles. The number of aryl methyl sites for hydroxylation is 2. The second-order valence-electron chi connectivity index (χ2n) is 4.43. The molecular formula is C12H21N5OS. The molecule has 1 rings (SSSR count). The first kappa shape index (κ1) is 15.4. The molecule has 7 heteroatoms. The van der Waals surface area contributed by atoms with Crippen LogP contribution in [-0.2, 0) is 11.3 Å². The Kier molecular flexibility index (Phi) is 6.27. The van der Waals surface area contributed by atoms with Crippen LogP contribution >= 0.6 is 12.2 Å². The number of nitrogens with one attached hydrogen (secondary N) is 3. The number of hydrazine groups is 1. The van der Waals surface area contributed by atoms with Crippen molar-refractivity contribution in [3.8, 4) is 0 Å². The number of amides is 1. The Morgan fingerprint density at radius 3 is 2.84 bits per heavy atom. The van der Waals surface area contributed by atoms with Crippen LogP contribution in [0.1, 0.15) is 32.4 Å². The molecule has 1 aromatic rings. The lowest BCUT2D eigenvalue weighted by Crippen LogP contribution is -2.49. The van der Waals surface area contributed by atoms with Gasteiger partial charge in [-0.2, -0.15) is 5.10 Å². The Labute approximate surface area is 118 Å². The fourth-order valence-electron chi connectivity index (χ4n) is 1.35. The SMILES string of the molecule is CCC(C)NC(=S)NNC(=O)CCn1ccc(C)n1. The van der Waals surface area contributed by atoms with Crippen LogP contribution in [-0.4, -0.2) is 26.8 Å². The van der Waals surface area contributed by atoms with E-state index in [4.69, 9.17) is 12.2 Å². The summed E-state index contributed by atoms with van der Waals surface area (Å²) in [6.45, 7) is 6.55. The largest absolute Gasteiger partial charge is 0.359 e. The van der Waals surface area contributed by atoms with Crippen LogP contribution < -0.4 is 16.2 Å². The molecule has 1 aromatic heterocycles. The fourth-order valence-corrected chi connectivity index (χ4v) is 1.61. The molecule has 106 valence electrons. The first-order valence-electron chi connectivity index (χ1n) is 6.36. The van der Waals surface area contributed by atoms with Crippen molar-refractivity contribution in [2.75, 3.05) is 0 Å². The molecule has 0 saturated carbocycles. The first-order valence-corrected chi connectivity index (χ1v) is 6.77. The monoisotopic (exact) mass is 283 g/mol. The molecule has 0 bridgehead atoms. The van der Waals surface area contributed by atoms with Gasteiger partial charge < -0.3 is 5.32 Å². The maximum absolute atomic E-state index is 11.6. The molecular weight excluding hydrogens is 262 g/mol. The quantitative estimate of drug-likeness (QED) is 0.553. The Morgan fingerprint density at radius 2 is 2.26 bits per heavy atom. The second-order valence-corrected chi connectivity index (χ2v) is 4.83. The lowest BCUT2D eigenvalue weighted by Gasteiger charge is -2.15. The van der Waals surface area contributed by atoms with Crippen molar-refractivity contribution in [2.45, 2.75) is 46.2 Å². The van der Waals surface area contributed by atoms with Crippen molar-refractivity contribution in [1.82, 2.24) is 25.9 Å². The van der Waals surface area contributed by atoms with E-state index in [-0.39, 0.29) is 11.9 Å². The third kappa shape index (κ3) is 6.19. The Bertz CT molecular complexity index is 432. The van der Waals surface area contributed by atoms with Gasteiger partial charge in [0.2, 0.25) is 5.91 Å². The van der Waals surface area contributed by atoms with Gasteiger partial charge in [-0.15, -0.1) is 0 Å². The minimum absolute atomic E-state index is 0.124. The summed E-state index contributed by atoms with van der Waals surface area (Å²) in [5.74, 6) is -0.124. The van der Waals surface area contributed by atoms with Crippen LogP contribution in [0.4, 0.5) is 0 Å². The van der Waals surface area contributed by atoms with Crippen LogP contribution in [0.15, 0.2) is 12.3 Å². The summed E-state index contributed by atoms with van der Waals surface area (Å²) in [7, 11) is 0. The Balaban J connectivity index is 2.19. The van der Waals surface area contributed by atoms with Gasteiger partial charge in [-0.1, -0.05) is 6.92 Å².